The molecule has 0 N–H and O–H groups in total. The second-order valence-electron chi connectivity index (χ2n) is 3.05. The minimum Gasteiger partial charge on any atom is -0.369 e. The molecule has 1 aromatic rings. The molecule has 12 heavy (non-hydrogen) atoms. The summed E-state index contributed by atoms with van der Waals surface area (Å²) in [6.45, 7) is 0.917. The Labute approximate surface area is 78.1 Å². The van der Waals surface area contributed by atoms with Crippen LogP contribution in [0.5, 0.6) is 0 Å². The third kappa shape index (κ3) is 1.23. The van der Waals surface area contributed by atoms with Crippen molar-refractivity contribution in [2.24, 2.45) is 0 Å². The fourth-order valence-corrected chi connectivity index (χ4v) is 1.86. The molecule has 2 rings (SSSR count). The Morgan fingerprint density at radius 1 is 1.33 bits per heavy atom. The Hall–Kier alpha value is -0.890. The van der Waals surface area contributed by atoms with Crippen LogP contribution in [0.25, 0.3) is 6.08 Å². The highest BCUT2D eigenvalue weighted by molar-refractivity contribution is 7.84. The van der Waals surface area contributed by atoms with Crippen LogP contribution in [0.4, 0.5) is 5.69 Å². The van der Waals surface area contributed by atoms with Crippen LogP contribution < -0.4 is 4.90 Å². The van der Waals surface area contributed by atoms with Gasteiger partial charge >= 0.3 is 0 Å². The second-order valence-corrected chi connectivity index (χ2v) is 3.62. The van der Waals surface area contributed by atoms with Crippen molar-refractivity contribution in [1.29, 1.82) is 0 Å². The first-order valence-electron chi connectivity index (χ1n) is 3.97. The topological polar surface area (TPSA) is 3.24 Å². The molecule has 1 heterocycles. The number of likely N-dealkylation sites (N-methyl/N-ethyl adjacent to an activating group) is 1. The molecule has 0 aliphatic carbocycles. The number of rotatable bonds is 0. The first kappa shape index (κ1) is 7.74. The van der Waals surface area contributed by atoms with E-state index >= 15 is 0 Å². The van der Waals surface area contributed by atoms with E-state index in [0.717, 1.165) is 11.4 Å². The Morgan fingerprint density at radius 2 is 2.08 bits per heavy atom. The molecule has 0 saturated heterocycles. The molecule has 0 atom stereocenters. The van der Waals surface area contributed by atoms with Gasteiger partial charge in [0.2, 0.25) is 0 Å². The zero-order valence-corrected chi connectivity index (χ0v) is 7.88. The van der Waals surface area contributed by atoms with Crippen molar-refractivity contribution < 1.29 is 0 Å². The third-order valence-electron chi connectivity index (χ3n) is 2.07. The van der Waals surface area contributed by atoms with Gasteiger partial charge in [0.15, 0.2) is 0 Å². The summed E-state index contributed by atoms with van der Waals surface area (Å²) in [5.74, 6) is 0. The lowest BCUT2D eigenvalue weighted by Gasteiger charge is -2.25. The Bertz CT molecular complexity index is 330. The van der Waals surface area contributed by atoms with E-state index in [9.17, 15) is 0 Å². The van der Waals surface area contributed by atoms with Crippen LogP contribution in [0.1, 0.15) is 5.56 Å². The van der Waals surface area contributed by atoms with Gasteiger partial charge in [-0.3, -0.25) is 0 Å². The number of hydrogen-bond acceptors (Lipinski definition) is 2. The highest BCUT2D eigenvalue weighted by Gasteiger charge is 2.10. The van der Waals surface area contributed by atoms with Gasteiger partial charge in [0, 0.05) is 24.2 Å². The molecule has 0 radical (unpaired) electrons. The van der Waals surface area contributed by atoms with Crippen molar-refractivity contribution >= 4 is 24.4 Å². The van der Waals surface area contributed by atoms with Gasteiger partial charge < -0.3 is 4.90 Å². The molecule has 0 fully saturated rings. The lowest BCUT2D eigenvalue weighted by Crippen LogP contribution is -2.22. The third-order valence-corrected chi connectivity index (χ3v) is 2.34. The Kier molecular flexibility index (Phi) is 1.85. The largest absolute Gasteiger partial charge is 0.369 e. The SMILES string of the molecule is CN1CC(S)=Cc2ccccc21. The highest BCUT2D eigenvalue weighted by Crippen LogP contribution is 2.27. The number of thiol groups is 1. The minimum atomic E-state index is 0.917. The molecule has 1 aromatic carbocycles. The number of anilines is 1. The van der Waals surface area contributed by atoms with E-state index in [-0.39, 0.29) is 0 Å². The van der Waals surface area contributed by atoms with Crippen LogP contribution in [-0.2, 0) is 0 Å². The van der Waals surface area contributed by atoms with Gasteiger partial charge in [-0.2, -0.15) is 0 Å². The monoisotopic (exact) mass is 177 g/mol. The summed E-state index contributed by atoms with van der Waals surface area (Å²) < 4.78 is 0. The lowest BCUT2D eigenvalue weighted by atomic mass is 10.1. The van der Waals surface area contributed by atoms with Crippen molar-refractivity contribution in [1.82, 2.24) is 0 Å². The van der Waals surface area contributed by atoms with Gasteiger partial charge in [0.05, 0.1) is 0 Å². The molecule has 62 valence electrons. The summed E-state index contributed by atoms with van der Waals surface area (Å²) in [6.07, 6.45) is 2.12. The van der Waals surface area contributed by atoms with Crippen molar-refractivity contribution in [2.45, 2.75) is 0 Å². The van der Waals surface area contributed by atoms with Gasteiger partial charge in [-0.1, -0.05) is 18.2 Å². The summed E-state index contributed by atoms with van der Waals surface area (Å²) in [6, 6.07) is 8.36. The molecule has 0 saturated carbocycles. The van der Waals surface area contributed by atoms with Gasteiger partial charge in [-0.15, -0.1) is 12.6 Å². The zero-order chi connectivity index (χ0) is 8.55. The average molecular weight is 177 g/mol. The normalized spacial score (nSPS) is 15.5. The van der Waals surface area contributed by atoms with Gasteiger partial charge in [0.1, 0.15) is 0 Å². The maximum absolute atomic E-state index is 4.36. The van der Waals surface area contributed by atoms with Crippen LogP contribution in [0, 0.1) is 0 Å². The highest BCUT2D eigenvalue weighted by atomic mass is 32.1. The van der Waals surface area contributed by atoms with Crippen LogP contribution in [0.2, 0.25) is 0 Å². The fraction of sp³-hybridized carbons (Fsp3) is 0.200. The summed E-state index contributed by atoms with van der Waals surface area (Å²) in [7, 11) is 2.09. The van der Waals surface area contributed by atoms with E-state index < -0.39 is 0 Å². The van der Waals surface area contributed by atoms with Crippen molar-refractivity contribution in [2.75, 3.05) is 18.5 Å². The predicted octanol–water partition coefficient (Wildman–Crippen LogP) is 2.41. The molecular weight excluding hydrogens is 166 g/mol. The van der Waals surface area contributed by atoms with Crippen LogP contribution in [-0.4, -0.2) is 13.6 Å². The maximum Gasteiger partial charge on any atom is 0.0483 e. The molecule has 1 nitrogen and oxygen atoms in total. The molecule has 0 amide bonds. The maximum atomic E-state index is 4.36. The lowest BCUT2D eigenvalue weighted by molar-refractivity contribution is 1.01. The van der Waals surface area contributed by atoms with E-state index in [2.05, 4.69) is 54.9 Å². The second kappa shape index (κ2) is 2.87. The summed E-state index contributed by atoms with van der Waals surface area (Å²) in [5.41, 5.74) is 2.55. The molecule has 2 heteroatoms. The van der Waals surface area contributed by atoms with Crippen LogP contribution in [0.15, 0.2) is 29.2 Å². The first-order valence-corrected chi connectivity index (χ1v) is 4.42. The summed E-state index contributed by atoms with van der Waals surface area (Å²) in [4.78, 5) is 3.33. The van der Waals surface area contributed by atoms with Crippen molar-refractivity contribution in [3.8, 4) is 0 Å². The van der Waals surface area contributed by atoms with Crippen molar-refractivity contribution in [3.05, 3.63) is 34.7 Å². The van der Waals surface area contributed by atoms with E-state index in [1.807, 2.05) is 0 Å². The summed E-state index contributed by atoms with van der Waals surface area (Å²) >= 11 is 4.36. The van der Waals surface area contributed by atoms with Crippen LogP contribution >= 0.6 is 12.6 Å². The molecule has 0 aromatic heterocycles. The number of hydrogen-bond donors (Lipinski definition) is 1. The van der Waals surface area contributed by atoms with Gasteiger partial charge in [-0.25, -0.2) is 0 Å². The molecule has 1 aliphatic heterocycles. The minimum absolute atomic E-state index is 0.917. The molecule has 0 spiro atoms. The van der Waals surface area contributed by atoms with Gasteiger partial charge in [-0.05, 0) is 17.7 Å². The standard InChI is InChI=1S/C10H11NS/c1-11-7-9(12)6-8-4-2-3-5-10(8)11/h2-6,12H,7H2,1H3. The zero-order valence-electron chi connectivity index (χ0n) is 6.99. The molecule has 0 bridgehead atoms. The smallest absolute Gasteiger partial charge is 0.0483 e. The number of benzene rings is 1. The molecular formula is C10H11NS. The van der Waals surface area contributed by atoms with Crippen LogP contribution in [0.3, 0.4) is 0 Å². The number of fused-ring (bicyclic) bond motifs is 1. The number of nitrogens with zero attached hydrogens (tertiary/aromatic N) is 1. The Balaban J connectivity index is 2.55. The molecule has 1 aliphatic rings. The number of para-hydroxylation sites is 1. The Morgan fingerprint density at radius 3 is 2.92 bits per heavy atom. The molecule has 0 unspecified atom stereocenters. The quantitative estimate of drug-likeness (QED) is 0.596. The van der Waals surface area contributed by atoms with E-state index in [1.54, 1.807) is 0 Å². The van der Waals surface area contributed by atoms with E-state index in [0.29, 0.717) is 0 Å². The van der Waals surface area contributed by atoms with Gasteiger partial charge in [0.25, 0.3) is 0 Å². The first-order chi connectivity index (χ1) is 5.77. The van der Waals surface area contributed by atoms with E-state index in [1.165, 1.54) is 11.3 Å². The predicted molar refractivity (Wildman–Crippen MR) is 56.7 cm³/mol. The fourth-order valence-electron chi connectivity index (χ4n) is 1.51. The average Bonchev–Trinajstić information content (AvgIpc) is 2.04. The van der Waals surface area contributed by atoms with Crippen molar-refractivity contribution in [3.63, 3.8) is 0 Å². The summed E-state index contributed by atoms with van der Waals surface area (Å²) in [5, 5.41) is 0. The van der Waals surface area contributed by atoms with E-state index in [4.69, 9.17) is 0 Å².